The van der Waals surface area contributed by atoms with Gasteiger partial charge in [0.05, 0.1) is 6.26 Å². The Bertz CT molecular complexity index is 126. The van der Waals surface area contributed by atoms with Crippen LogP contribution in [-0.4, -0.2) is 13.2 Å². The van der Waals surface area contributed by atoms with Crippen LogP contribution in [0.1, 0.15) is 0 Å². The average Bonchev–Trinajstić information content (AvgIpc) is 1.90. The van der Waals surface area contributed by atoms with Crippen LogP contribution < -0.4 is 5.73 Å². The average molecular weight is 111 g/mol. The van der Waals surface area contributed by atoms with E-state index in [9.17, 15) is 0 Å². The number of hydrogen-bond donors (Lipinski definition) is 1. The monoisotopic (exact) mass is 111 g/mol. The van der Waals surface area contributed by atoms with E-state index in [1.807, 2.05) is 12.2 Å². The van der Waals surface area contributed by atoms with Gasteiger partial charge in [-0.3, -0.25) is 0 Å². The smallest absolute Gasteiger partial charge is 0.106 e. The molecule has 0 atom stereocenters. The molecule has 2 heteroatoms. The summed E-state index contributed by atoms with van der Waals surface area (Å²) in [4.78, 5) is 0. The Morgan fingerprint density at radius 1 is 1.75 bits per heavy atom. The predicted octanol–water partition coefficient (Wildman–Crippen LogP) is 0.415. The maximum atomic E-state index is 5.33. The molecule has 44 valence electrons. The van der Waals surface area contributed by atoms with Crippen molar-refractivity contribution in [2.45, 2.75) is 0 Å². The van der Waals surface area contributed by atoms with Gasteiger partial charge in [-0.1, -0.05) is 0 Å². The maximum absolute atomic E-state index is 5.33. The first-order valence-electron chi connectivity index (χ1n) is 2.61. The Balaban J connectivity index is 2.51. The van der Waals surface area contributed by atoms with Gasteiger partial charge in [0.15, 0.2) is 0 Å². The van der Waals surface area contributed by atoms with Gasteiger partial charge in [0.1, 0.15) is 6.61 Å². The second-order valence-electron chi connectivity index (χ2n) is 1.62. The van der Waals surface area contributed by atoms with E-state index < -0.39 is 0 Å². The molecule has 8 heavy (non-hydrogen) atoms. The molecule has 1 heterocycles. The van der Waals surface area contributed by atoms with Crippen LogP contribution in [0.5, 0.6) is 0 Å². The summed E-state index contributed by atoms with van der Waals surface area (Å²) in [5, 5.41) is 0. The van der Waals surface area contributed by atoms with E-state index in [1.165, 1.54) is 0 Å². The highest BCUT2D eigenvalue weighted by Crippen LogP contribution is 1.99. The van der Waals surface area contributed by atoms with Gasteiger partial charge in [0.25, 0.3) is 0 Å². The minimum absolute atomic E-state index is 0.611. The summed E-state index contributed by atoms with van der Waals surface area (Å²) in [5.41, 5.74) is 6.48. The summed E-state index contributed by atoms with van der Waals surface area (Å²) in [6.45, 7) is 1.28. The molecule has 2 nitrogen and oxygen atoms in total. The van der Waals surface area contributed by atoms with E-state index in [0.717, 1.165) is 5.57 Å². The minimum atomic E-state index is 0.611. The van der Waals surface area contributed by atoms with Gasteiger partial charge in [-0.15, -0.1) is 0 Å². The normalized spacial score (nSPS) is 17.4. The Morgan fingerprint density at radius 3 is 3.00 bits per heavy atom. The molecule has 1 aliphatic heterocycles. The topological polar surface area (TPSA) is 35.2 Å². The molecule has 0 bridgehead atoms. The van der Waals surface area contributed by atoms with Crippen molar-refractivity contribution in [2.24, 2.45) is 5.73 Å². The second kappa shape index (κ2) is 2.52. The molecule has 0 radical (unpaired) electrons. The van der Waals surface area contributed by atoms with E-state index in [1.54, 1.807) is 6.26 Å². The Morgan fingerprint density at radius 2 is 2.62 bits per heavy atom. The fourth-order valence-corrected chi connectivity index (χ4v) is 0.566. The lowest BCUT2D eigenvalue weighted by Crippen LogP contribution is -2.04. The third-order valence-corrected chi connectivity index (χ3v) is 1.06. The molecule has 0 fully saturated rings. The SMILES string of the molecule is NCC1=CCOC=C1. The van der Waals surface area contributed by atoms with E-state index in [2.05, 4.69) is 0 Å². The third-order valence-electron chi connectivity index (χ3n) is 1.06. The van der Waals surface area contributed by atoms with Crippen LogP contribution in [0.15, 0.2) is 24.0 Å². The van der Waals surface area contributed by atoms with Gasteiger partial charge in [-0.25, -0.2) is 0 Å². The highest BCUT2D eigenvalue weighted by molar-refractivity contribution is 5.20. The molecule has 2 N–H and O–H groups in total. The molecule has 0 spiro atoms. The summed E-state index contributed by atoms with van der Waals surface area (Å²) >= 11 is 0. The van der Waals surface area contributed by atoms with Crippen molar-refractivity contribution < 1.29 is 4.74 Å². The summed E-state index contributed by atoms with van der Waals surface area (Å²) in [6, 6.07) is 0. The second-order valence-corrected chi connectivity index (χ2v) is 1.62. The summed E-state index contributed by atoms with van der Waals surface area (Å²) in [5.74, 6) is 0. The van der Waals surface area contributed by atoms with Crippen molar-refractivity contribution in [1.82, 2.24) is 0 Å². The molecular weight excluding hydrogens is 102 g/mol. The molecule has 0 saturated carbocycles. The molecule has 0 aromatic rings. The minimum Gasteiger partial charge on any atom is -0.497 e. The number of rotatable bonds is 1. The highest BCUT2D eigenvalue weighted by Gasteiger charge is 1.91. The van der Waals surface area contributed by atoms with Crippen molar-refractivity contribution >= 4 is 0 Å². The van der Waals surface area contributed by atoms with Crippen LogP contribution in [0.25, 0.3) is 0 Å². The molecule has 0 unspecified atom stereocenters. The van der Waals surface area contributed by atoms with Gasteiger partial charge in [-0.2, -0.15) is 0 Å². The fourth-order valence-electron chi connectivity index (χ4n) is 0.566. The van der Waals surface area contributed by atoms with E-state index in [4.69, 9.17) is 10.5 Å². The molecule has 0 saturated heterocycles. The zero-order valence-corrected chi connectivity index (χ0v) is 4.63. The van der Waals surface area contributed by atoms with E-state index in [0.29, 0.717) is 13.2 Å². The maximum Gasteiger partial charge on any atom is 0.106 e. The molecule has 0 amide bonds. The van der Waals surface area contributed by atoms with Crippen LogP contribution >= 0.6 is 0 Å². The standard InChI is InChI=1S/C6H9NO/c7-5-6-1-3-8-4-2-6/h1-3H,4-5,7H2. The lowest BCUT2D eigenvalue weighted by atomic mass is 10.2. The summed E-state index contributed by atoms with van der Waals surface area (Å²) < 4.78 is 4.89. The first kappa shape index (κ1) is 5.38. The first-order chi connectivity index (χ1) is 3.93. The van der Waals surface area contributed by atoms with Crippen LogP contribution in [0, 0.1) is 0 Å². The van der Waals surface area contributed by atoms with Crippen molar-refractivity contribution in [3.8, 4) is 0 Å². The van der Waals surface area contributed by atoms with Crippen LogP contribution in [0.3, 0.4) is 0 Å². The molecule has 0 aliphatic carbocycles. The third kappa shape index (κ3) is 1.10. The van der Waals surface area contributed by atoms with Crippen molar-refractivity contribution in [1.29, 1.82) is 0 Å². The largest absolute Gasteiger partial charge is 0.497 e. The van der Waals surface area contributed by atoms with E-state index >= 15 is 0 Å². The van der Waals surface area contributed by atoms with Gasteiger partial charge in [-0.05, 0) is 17.7 Å². The zero-order valence-electron chi connectivity index (χ0n) is 4.63. The number of ether oxygens (including phenoxy) is 1. The van der Waals surface area contributed by atoms with Gasteiger partial charge in [0.2, 0.25) is 0 Å². The van der Waals surface area contributed by atoms with Crippen molar-refractivity contribution in [3.05, 3.63) is 24.0 Å². The highest BCUT2D eigenvalue weighted by atomic mass is 16.5. The number of hydrogen-bond acceptors (Lipinski definition) is 2. The number of nitrogens with two attached hydrogens (primary N) is 1. The Hall–Kier alpha value is -0.760. The lowest BCUT2D eigenvalue weighted by molar-refractivity contribution is 0.284. The Labute approximate surface area is 48.6 Å². The zero-order chi connectivity index (χ0) is 5.82. The lowest BCUT2D eigenvalue weighted by Gasteiger charge is -2.03. The molecule has 0 aromatic heterocycles. The van der Waals surface area contributed by atoms with E-state index in [-0.39, 0.29) is 0 Å². The van der Waals surface area contributed by atoms with Crippen molar-refractivity contribution in [2.75, 3.05) is 13.2 Å². The molecule has 0 aromatic carbocycles. The predicted molar refractivity (Wildman–Crippen MR) is 32.2 cm³/mol. The first-order valence-corrected chi connectivity index (χ1v) is 2.61. The quantitative estimate of drug-likeness (QED) is 0.532. The van der Waals surface area contributed by atoms with Crippen molar-refractivity contribution in [3.63, 3.8) is 0 Å². The summed E-state index contributed by atoms with van der Waals surface area (Å²) in [6.07, 6.45) is 5.52. The molecule has 1 rings (SSSR count). The van der Waals surface area contributed by atoms with Crippen LogP contribution in [0.4, 0.5) is 0 Å². The van der Waals surface area contributed by atoms with Gasteiger partial charge >= 0.3 is 0 Å². The van der Waals surface area contributed by atoms with Crippen LogP contribution in [0.2, 0.25) is 0 Å². The van der Waals surface area contributed by atoms with Crippen LogP contribution in [-0.2, 0) is 4.74 Å². The van der Waals surface area contributed by atoms with Gasteiger partial charge in [0, 0.05) is 6.54 Å². The molecular formula is C6H9NO. The molecule has 1 aliphatic rings. The van der Waals surface area contributed by atoms with Gasteiger partial charge < -0.3 is 10.5 Å². The summed E-state index contributed by atoms with van der Waals surface area (Å²) in [7, 11) is 0. The Kier molecular flexibility index (Phi) is 1.70. The fraction of sp³-hybridized carbons (Fsp3) is 0.333.